The lowest BCUT2D eigenvalue weighted by Gasteiger charge is -2.18. The topological polar surface area (TPSA) is 66.5 Å². The molecule has 3 N–H and O–H groups in total. The Bertz CT molecular complexity index is 650. The first-order valence-corrected chi connectivity index (χ1v) is 8.95. The SMILES string of the molecule is CCN(CC)Cc1cccc(CN=C(N)NCCc2ccccn2)c1. The van der Waals surface area contributed by atoms with Gasteiger partial charge in [0.25, 0.3) is 0 Å². The largest absolute Gasteiger partial charge is 0.370 e. The summed E-state index contributed by atoms with van der Waals surface area (Å²) in [5, 5.41) is 3.15. The number of pyridine rings is 1. The lowest BCUT2D eigenvalue weighted by atomic mass is 10.1. The Morgan fingerprint density at radius 2 is 1.92 bits per heavy atom. The second kappa shape index (κ2) is 10.5. The molecule has 0 amide bonds. The number of guanidine groups is 1. The lowest BCUT2D eigenvalue weighted by molar-refractivity contribution is 0.296. The molecule has 0 fully saturated rings. The summed E-state index contributed by atoms with van der Waals surface area (Å²) in [5.41, 5.74) is 9.50. The molecule has 0 bridgehead atoms. The van der Waals surface area contributed by atoms with E-state index in [2.05, 4.69) is 58.3 Å². The summed E-state index contributed by atoms with van der Waals surface area (Å²) in [7, 11) is 0. The first-order chi connectivity index (χ1) is 12.2. The minimum absolute atomic E-state index is 0.477. The molecule has 0 aliphatic rings. The van der Waals surface area contributed by atoms with Crippen molar-refractivity contribution in [3.63, 3.8) is 0 Å². The maximum absolute atomic E-state index is 5.96. The molecule has 1 aromatic carbocycles. The molecule has 0 unspecified atom stereocenters. The van der Waals surface area contributed by atoms with Gasteiger partial charge >= 0.3 is 0 Å². The molecule has 2 rings (SSSR count). The Hall–Kier alpha value is -2.40. The van der Waals surface area contributed by atoms with Crippen molar-refractivity contribution in [2.75, 3.05) is 19.6 Å². The summed E-state index contributed by atoms with van der Waals surface area (Å²) in [6, 6.07) is 14.5. The summed E-state index contributed by atoms with van der Waals surface area (Å²) in [5.74, 6) is 0.477. The summed E-state index contributed by atoms with van der Waals surface area (Å²) in [4.78, 5) is 11.1. The van der Waals surface area contributed by atoms with Crippen molar-refractivity contribution >= 4 is 5.96 Å². The molecule has 2 aromatic rings. The zero-order valence-corrected chi connectivity index (χ0v) is 15.3. The average Bonchev–Trinajstić information content (AvgIpc) is 2.65. The van der Waals surface area contributed by atoms with Crippen LogP contribution in [0.1, 0.15) is 30.7 Å². The van der Waals surface area contributed by atoms with Gasteiger partial charge in [0.1, 0.15) is 0 Å². The van der Waals surface area contributed by atoms with E-state index in [4.69, 9.17) is 5.73 Å². The summed E-state index contributed by atoms with van der Waals surface area (Å²) >= 11 is 0. The first-order valence-electron chi connectivity index (χ1n) is 8.95. The van der Waals surface area contributed by atoms with E-state index >= 15 is 0 Å². The van der Waals surface area contributed by atoms with Crippen LogP contribution in [0.3, 0.4) is 0 Å². The maximum Gasteiger partial charge on any atom is 0.188 e. The first kappa shape index (κ1) is 18.9. The Morgan fingerprint density at radius 1 is 1.12 bits per heavy atom. The number of hydrogen-bond donors (Lipinski definition) is 2. The van der Waals surface area contributed by atoms with Crippen LogP contribution in [0.2, 0.25) is 0 Å². The fourth-order valence-electron chi connectivity index (χ4n) is 2.63. The predicted molar refractivity (Wildman–Crippen MR) is 104 cm³/mol. The molecular formula is C20H29N5. The van der Waals surface area contributed by atoms with Gasteiger partial charge in [0, 0.05) is 31.4 Å². The van der Waals surface area contributed by atoms with Crippen LogP contribution >= 0.6 is 0 Å². The molecule has 0 saturated carbocycles. The quantitative estimate of drug-likeness (QED) is 0.544. The van der Waals surface area contributed by atoms with Crippen LogP contribution in [0.15, 0.2) is 53.7 Å². The monoisotopic (exact) mass is 339 g/mol. The molecule has 0 radical (unpaired) electrons. The molecule has 0 atom stereocenters. The molecule has 134 valence electrons. The summed E-state index contributed by atoms with van der Waals surface area (Å²) in [6.07, 6.45) is 2.63. The van der Waals surface area contributed by atoms with Crippen LogP contribution in [0.25, 0.3) is 0 Å². The Balaban J connectivity index is 1.81. The van der Waals surface area contributed by atoms with Gasteiger partial charge in [-0.05, 0) is 36.3 Å². The molecule has 0 aliphatic heterocycles. The van der Waals surface area contributed by atoms with Crippen molar-refractivity contribution in [2.24, 2.45) is 10.7 Å². The van der Waals surface area contributed by atoms with Crippen molar-refractivity contribution in [3.8, 4) is 0 Å². The number of aliphatic imine (C=N–C) groups is 1. The standard InChI is InChI=1S/C20H29N5/c1-3-25(4-2)16-18-9-7-8-17(14-18)15-24-20(21)23-13-11-19-10-5-6-12-22-19/h5-10,12,14H,3-4,11,13,15-16H2,1-2H3,(H3,21,23,24). The van der Waals surface area contributed by atoms with Gasteiger partial charge in [-0.3, -0.25) is 9.88 Å². The third kappa shape index (κ3) is 6.93. The van der Waals surface area contributed by atoms with E-state index in [1.165, 1.54) is 11.1 Å². The van der Waals surface area contributed by atoms with E-state index in [0.29, 0.717) is 12.5 Å². The highest BCUT2D eigenvalue weighted by Gasteiger charge is 2.02. The second-order valence-corrected chi connectivity index (χ2v) is 5.98. The Kier molecular flexibility index (Phi) is 7.92. The third-order valence-corrected chi connectivity index (χ3v) is 4.14. The van der Waals surface area contributed by atoms with Crippen LogP contribution in [0.4, 0.5) is 0 Å². The van der Waals surface area contributed by atoms with Gasteiger partial charge < -0.3 is 11.1 Å². The van der Waals surface area contributed by atoms with Gasteiger partial charge in [-0.25, -0.2) is 4.99 Å². The van der Waals surface area contributed by atoms with Crippen LogP contribution in [0, 0.1) is 0 Å². The normalized spacial score (nSPS) is 11.7. The second-order valence-electron chi connectivity index (χ2n) is 5.98. The molecule has 0 saturated heterocycles. The van der Waals surface area contributed by atoms with Crippen LogP contribution < -0.4 is 11.1 Å². The van der Waals surface area contributed by atoms with E-state index < -0.39 is 0 Å². The van der Waals surface area contributed by atoms with Gasteiger partial charge in [0.15, 0.2) is 5.96 Å². The highest BCUT2D eigenvalue weighted by atomic mass is 15.1. The summed E-state index contributed by atoms with van der Waals surface area (Å²) in [6.45, 7) is 8.80. The van der Waals surface area contributed by atoms with E-state index in [-0.39, 0.29) is 0 Å². The fourth-order valence-corrected chi connectivity index (χ4v) is 2.63. The summed E-state index contributed by atoms with van der Waals surface area (Å²) < 4.78 is 0. The Morgan fingerprint density at radius 3 is 2.64 bits per heavy atom. The molecule has 5 nitrogen and oxygen atoms in total. The zero-order valence-electron chi connectivity index (χ0n) is 15.3. The van der Waals surface area contributed by atoms with Crippen molar-refractivity contribution < 1.29 is 0 Å². The maximum atomic E-state index is 5.96. The van der Waals surface area contributed by atoms with Gasteiger partial charge in [0.2, 0.25) is 0 Å². The van der Waals surface area contributed by atoms with Crippen molar-refractivity contribution in [3.05, 3.63) is 65.5 Å². The van der Waals surface area contributed by atoms with E-state index in [1.54, 1.807) is 6.20 Å². The van der Waals surface area contributed by atoms with Crippen LogP contribution in [0.5, 0.6) is 0 Å². The number of nitrogens with one attached hydrogen (secondary N) is 1. The number of benzene rings is 1. The van der Waals surface area contributed by atoms with E-state index in [1.807, 2.05) is 18.2 Å². The average molecular weight is 339 g/mol. The van der Waals surface area contributed by atoms with Gasteiger partial charge in [0.05, 0.1) is 6.54 Å². The van der Waals surface area contributed by atoms with Crippen molar-refractivity contribution in [1.82, 2.24) is 15.2 Å². The highest BCUT2D eigenvalue weighted by molar-refractivity contribution is 5.77. The van der Waals surface area contributed by atoms with E-state index in [9.17, 15) is 0 Å². The molecule has 0 aliphatic carbocycles. The third-order valence-electron chi connectivity index (χ3n) is 4.14. The molecule has 0 spiro atoms. The highest BCUT2D eigenvalue weighted by Crippen LogP contribution is 2.09. The van der Waals surface area contributed by atoms with Crippen LogP contribution in [-0.2, 0) is 19.5 Å². The molecular weight excluding hydrogens is 310 g/mol. The van der Waals surface area contributed by atoms with Gasteiger partial charge in [-0.15, -0.1) is 0 Å². The van der Waals surface area contributed by atoms with Gasteiger partial charge in [-0.2, -0.15) is 0 Å². The number of nitrogens with two attached hydrogens (primary N) is 1. The van der Waals surface area contributed by atoms with Crippen molar-refractivity contribution in [1.29, 1.82) is 0 Å². The van der Waals surface area contributed by atoms with Crippen LogP contribution in [-0.4, -0.2) is 35.5 Å². The fraction of sp³-hybridized carbons (Fsp3) is 0.400. The molecule has 1 aromatic heterocycles. The molecule has 5 heteroatoms. The minimum Gasteiger partial charge on any atom is -0.370 e. The molecule has 1 heterocycles. The Labute approximate surface area is 151 Å². The lowest BCUT2D eigenvalue weighted by Crippen LogP contribution is -2.33. The number of aromatic nitrogens is 1. The number of rotatable bonds is 9. The van der Waals surface area contributed by atoms with Crippen molar-refractivity contribution in [2.45, 2.75) is 33.4 Å². The number of hydrogen-bond acceptors (Lipinski definition) is 3. The smallest absolute Gasteiger partial charge is 0.188 e. The zero-order chi connectivity index (χ0) is 17.9. The molecule has 25 heavy (non-hydrogen) atoms. The van der Waals surface area contributed by atoms with Gasteiger partial charge in [-0.1, -0.05) is 44.2 Å². The predicted octanol–water partition coefficient (Wildman–Crippen LogP) is 2.57. The number of nitrogens with zero attached hydrogens (tertiary/aromatic N) is 3. The minimum atomic E-state index is 0.477. The van der Waals surface area contributed by atoms with E-state index in [0.717, 1.165) is 38.3 Å².